The van der Waals surface area contributed by atoms with Crippen LogP contribution in [0.4, 0.5) is 11.4 Å². The minimum absolute atomic E-state index is 0.0357. The van der Waals surface area contributed by atoms with Crippen LogP contribution in [0.25, 0.3) is 0 Å². The molecule has 0 spiro atoms. The molecule has 6 nitrogen and oxygen atoms in total. The minimum atomic E-state index is -0.489. The SMILES string of the molecule is CC1CC(N(C(=O)c2ccco2)C(=O)c2ccco2)c2ccccc2N1c1ccccc1. The highest BCUT2D eigenvalue weighted by Gasteiger charge is 2.41. The van der Waals surface area contributed by atoms with Gasteiger partial charge in [0.2, 0.25) is 0 Å². The minimum Gasteiger partial charge on any atom is -0.459 e. The fraction of sp³-hybridized carbons (Fsp3) is 0.154. The topological polar surface area (TPSA) is 66.9 Å². The van der Waals surface area contributed by atoms with Crippen molar-refractivity contribution in [3.05, 3.63) is 108 Å². The normalized spacial score (nSPS) is 17.6. The van der Waals surface area contributed by atoms with Gasteiger partial charge in [-0.2, -0.15) is 0 Å². The molecule has 0 saturated carbocycles. The maximum atomic E-state index is 13.5. The summed E-state index contributed by atoms with van der Waals surface area (Å²) in [4.78, 5) is 30.5. The molecule has 0 radical (unpaired) electrons. The smallest absolute Gasteiger partial charge is 0.297 e. The maximum absolute atomic E-state index is 13.5. The van der Waals surface area contributed by atoms with Crippen LogP contribution in [0.3, 0.4) is 0 Å². The number of fused-ring (bicyclic) bond motifs is 1. The monoisotopic (exact) mass is 426 g/mol. The summed E-state index contributed by atoms with van der Waals surface area (Å²) in [5.41, 5.74) is 2.92. The first-order valence-corrected chi connectivity index (χ1v) is 10.5. The molecule has 0 bridgehead atoms. The van der Waals surface area contributed by atoms with Gasteiger partial charge in [0, 0.05) is 17.4 Å². The predicted molar refractivity (Wildman–Crippen MR) is 120 cm³/mol. The maximum Gasteiger partial charge on any atom is 0.297 e. The second-order valence-electron chi connectivity index (χ2n) is 7.80. The third kappa shape index (κ3) is 3.39. The van der Waals surface area contributed by atoms with Gasteiger partial charge in [0.1, 0.15) is 0 Å². The second-order valence-corrected chi connectivity index (χ2v) is 7.80. The van der Waals surface area contributed by atoms with Crippen LogP contribution in [0.2, 0.25) is 0 Å². The van der Waals surface area contributed by atoms with Gasteiger partial charge in [-0.15, -0.1) is 0 Å². The number of anilines is 2. The Balaban J connectivity index is 1.62. The van der Waals surface area contributed by atoms with Gasteiger partial charge in [0.25, 0.3) is 11.8 Å². The molecule has 0 aliphatic carbocycles. The number of para-hydroxylation sites is 2. The molecule has 5 rings (SSSR count). The van der Waals surface area contributed by atoms with Gasteiger partial charge >= 0.3 is 0 Å². The van der Waals surface area contributed by atoms with E-state index in [0.717, 1.165) is 16.9 Å². The van der Waals surface area contributed by atoms with Crippen LogP contribution in [0.1, 0.15) is 46.1 Å². The first kappa shape index (κ1) is 19.9. The lowest BCUT2D eigenvalue weighted by molar-refractivity contribution is 0.0486. The highest BCUT2D eigenvalue weighted by atomic mass is 16.3. The van der Waals surface area contributed by atoms with Crippen molar-refractivity contribution in [3.8, 4) is 0 Å². The lowest BCUT2D eigenvalue weighted by atomic mass is 9.89. The van der Waals surface area contributed by atoms with Crippen LogP contribution >= 0.6 is 0 Å². The van der Waals surface area contributed by atoms with Crippen LogP contribution in [0.15, 0.2) is 100 Å². The number of nitrogens with zero attached hydrogens (tertiary/aromatic N) is 2. The molecule has 1 aliphatic heterocycles. The van der Waals surface area contributed by atoms with Crippen molar-refractivity contribution in [1.29, 1.82) is 0 Å². The van der Waals surface area contributed by atoms with Gasteiger partial charge < -0.3 is 13.7 Å². The van der Waals surface area contributed by atoms with E-state index < -0.39 is 17.9 Å². The van der Waals surface area contributed by atoms with Gasteiger partial charge in [0.05, 0.1) is 18.6 Å². The zero-order valence-electron chi connectivity index (χ0n) is 17.5. The standard InChI is InChI=1S/C26H22N2O4/c1-18-17-22(20-11-5-6-12-21(20)27(18)19-9-3-2-4-10-19)28(25(29)23-13-7-15-31-23)26(30)24-14-8-16-32-24/h2-16,18,22H,17H2,1H3. The van der Waals surface area contributed by atoms with Crippen LogP contribution in [-0.4, -0.2) is 22.8 Å². The van der Waals surface area contributed by atoms with E-state index in [1.807, 2.05) is 42.5 Å². The third-order valence-electron chi connectivity index (χ3n) is 5.81. The largest absolute Gasteiger partial charge is 0.459 e. The van der Waals surface area contributed by atoms with Crippen molar-refractivity contribution >= 4 is 23.2 Å². The average Bonchev–Trinajstić information content (AvgIpc) is 3.54. The van der Waals surface area contributed by atoms with Crippen molar-refractivity contribution < 1.29 is 18.4 Å². The fourth-order valence-electron chi connectivity index (χ4n) is 4.42. The molecule has 2 atom stereocenters. The van der Waals surface area contributed by atoms with Crippen molar-refractivity contribution in [2.75, 3.05) is 4.90 Å². The Hall–Kier alpha value is -4.06. The molecule has 0 saturated heterocycles. The summed E-state index contributed by atoms with van der Waals surface area (Å²) >= 11 is 0. The predicted octanol–water partition coefficient (Wildman–Crippen LogP) is 5.83. The lowest BCUT2D eigenvalue weighted by Gasteiger charge is -2.43. The summed E-state index contributed by atoms with van der Waals surface area (Å²) in [7, 11) is 0. The molecule has 2 amide bonds. The number of imide groups is 1. The Kier molecular flexibility index (Phi) is 5.11. The number of benzene rings is 2. The van der Waals surface area contributed by atoms with Gasteiger partial charge in [-0.25, -0.2) is 0 Å². The van der Waals surface area contributed by atoms with Crippen molar-refractivity contribution in [2.24, 2.45) is 0 Å². The Labute approximate surface area is 185 Å². The molecular weight excluding hydrogens is 404 g/mol. The first-order chi connectivity index (χ1) is 15.6. The molecule has 2 unspecified atom stereocenters. The van der Waals surface area contributed by atoms with E-state index in [9.17, 15) is 9.59 Å². The van der Waals surface area contributed by atoms with E-state index >= 15 is 0 Å². The number of carbonyl (C=O) groups is 2. The van der Waals surface area contributed by atoms with Gasteiger partial charge in [-0.1, -0.05) is 36.4 Å². The highest BCUT2D eigenvalue weighted by molar-refractivity contribution is 6.08. The van der Waals surface area contributed by atoms with E-state index in [2.05, 4.69) is 24.0 Å². The van der Waals surface area contributed by atoms with E-state index in [4.69, 9.17) is 8.83 Å². The first-order valence-electron chi connectivity index (χ1n) is 10.5. The number of rotatable bonds is 4. The number of amides is 2. The molecule has 3 heterocycles. The fourth-order valence-corrected chi connectivity index (χ4v) is 4.42. The third-order valence-corrected chi connectivity index (χ3v) is 5.81. The van der Waals surface area contributed by atoms with E-state index in [0.29, 0.717) is 6.42 Å². The Morgan fingerprint density at radius 1 is 0.812 bits per heavy atom. The average molecular weight is 426 g/mol. The van der Waals surface area contributed by atoms with Crippen LogP contribution < -0.4 is 4.90 Å². The van der Waals surface area contributed by atoms with Crippen LogP contribution in [-0.2, 0) is 0 Å². The van der Waals surface area contributed by atoms with Crippen LogP contribution in [0, 0.1) is 0 Å². The second kappa shape index (κ2) is 8.23. The van der Waals surface area contributed by atoms with Gasteiger partial charge in [-0.05, 0) is 61.4 Å². The molecule has 0 N–H and O–H groups in total. The Morgan fingerprint density at radius 2 is 1.41 bits per heavy atom. The molecule has 32 heavy (non-hydrogen) atoms. The summed E-state index contributed by atoms with van der Waals surface area (Å²) < 4.78 is 10.7. The van der Waals surface area contributed by atoms with Crippen LogP contribution in [0.5, 0.6) is 0 Å². The van der Waals surface area contributed by atoms with Crippen molar-refractivity contribution in [3.63, 3.8) is 0 Å². The number of hydrogen-bond donors (Lipinski definition) is 0. The van der Waals surface area contributed by atoms with Gasteiger partial charge in [-0.3, -0.25) is 14.5 Å². The molecule has 4 aromatic rings. The van der Waals surface area contributed by atoms with E-state index in [1.165, 1.54) is 17.4 Å². The molecule has 2 aromatic carbocycles. The molecule has 6 heteroatoms. The Morgan fingerprint density at radius 3 is 2.00 bits per heavy atom. The van der Waals surface area contributed by atoms with Gasteiger partial charge in [0.15, 0.2) is 11.5 Å². The van der Waals surface area contributed by atoms with Crippen molar-refractivity contribution in [1.82, 2.24) is 4.90 Å². The summed E-state index contributed by atoms with van der Waals surface area (Å²) in [5.74, 6) is -0.755. The molecular formula is C26H22N2O4. The molecule has 2 aromatic heterocycles. The quantitative estimate of drug-likeness (QED) is 0.384. The highest BCUT2D eigenvalue weighted by Crippen LogP contribution is 2.44. The number of carbonyl (C=O) groups excluding carboxylic acids is 2. The zero-order valence-corrected chi connectivity index (χ0v) is 17.5. The van der Waals surface area contributed by atoms with E-state index in [-0.39, 0.29) is 17.6 Å². The molecule has 0 fully saturated rings. The molecule has 1 aliphatic rings. The molecule has 160 valence electrons. The summed E-state index contributed by atoms with van der Waals surface area (Å²) in [6.45, 7) is 2.10. The zero-order chi connectivity index (χ0) is 22.1. The summed E-state index contributed by atoms with van der Waals surface area (Å²) in [6, 6.07) is 24.0. The van der Waals surface area contributed by atoms with E-state index in [1.54, 1.807) is 24.3 Å². The summed E-state index contributed by atoms with van der Waals surface area (Å²) in [6.07, 6.45) is 3.42. The Bertz CT molecular complexity index is 1170. The van der Waals surface area contributed by atoms with Crippen molar-refractivity contribution in [2.45, 2.75) is 25.4 Å². The summed E-state index contributed by atoms with van der Waals surface area (Å²) in [5, 5.41) is 0. The number of hydrogen-bond acceptors (Lipinski definition) is 5. The number of furan rings is 2. The lowest BCUT2D eigenvalue weighted by Crippen LogP contribution is -2.46.